The normalized spacial score (nSPS) is 13.7. The average Bonchev–Trinajstić information content (AvgIpc) is 2.41. The molecule has 0 radical (unpaired) electrons. The van der Waals surface area contributed by atoms with Crippen LogP contribution in [0, 0.1) is 0 Å². The van der Waals surface area contributed by atoms with E-state index in [1.165, 1.54) is 0 Å². The molecule has 0 aliphatic rings. The molecule has 1 atom stereocenters. The summed E-state index contributed by atoms with van der Waals surface area (Å²) in [6.07, 6.45) is -4.11. The fraction of sp³-hybridized carbons (Fsp3) is 0.600. The monoisotopic (exact) mass is 322 g/mol. The van der Waals surface area contributed by atoms with Gasteiger partial charge in [-0.1, -0.05) is 30.7 Å². The molecule has 1 aromatic carbocycles. The van der Waals surface area contributed by atoms with Crippen LogP contribution < -0.4 is 5.32 Å². The second-order valence-electron chi connectivity index (χ2n) is 5.12. The third kappa shape index (κ3) is 7.69. The number of hydrogen-bond donors (Lipinski definition) is 1. The Kier molecular flexibility index (Phi) is 7.49. The summed E-state index contributed by atoms with van der Waals surface area (Å²) in [4.78, 5) is 1.72. The van der Waals surface area contributed by atoms with E-state index in [2.05, 4.69) is 5.32 Å². The van der Waals surface area contributed by atoms with Gasteiger partial charge in [-0.25, -0.2) is 0 Å². The second kappa shape index (κ2) is 8.61. The van der Waals surface area contributed by atoms with Crippen LogP contribution in [-0.2, 0) is 0 Å². The summed E-state index contributed by atoms with van der Waals surface area (Å²) >= 11 is 5.87. The zero-order chi connectivity index (χ0) is 15.9. The first-order valence-corrected chi connectivity index (χ1v) is 7.43. The molecule has 0 spiro atoms. The highest BCUT2D eigenvalue weighted by Gasteiger charge is 2.27. The number of hydrogen-bond acceptors (Lipinski definition) is 2. The molecule has 0 heterocycles. The van der Waals surface area contributed by atoms with Crippen LogP contribution in [0.4, 0.5) is 13.2 Å². The molecule has 21 heavy (non-hydrogen) atoms. The molecule has 0 amide bonds. The molecule has 2 nitrogen and oxygen atoms in total. The predicted molar refractivity (Wildman–Crippen MR) is 80.7 cm³/mol. The van der Waals surface area contributed by atoms with Crippen LogP contribution in [0.5, 0.6) is 0 Å². The van der Waals surface area contributed by atoms with Crippen LogP contribution in [0.15, 0.2) is 24.3 Å². The van der Waals surface area contributed by atoms with E-state index >= 15 is 0 Å². The van der Waals surface area contributed by atoms with Crippen molar-refractivity contribution in [2.75, 3.05) is 26.7 Å². The molecule has 0 bridgehead atoms. The van der Waals surface area contributed by atoms with Crippen molar-refractivity contribution < 1.29 is 13.2 Å². The molecule has 1 N–H and O–H groups in total. The van der Waals surface area contributed by atoms with Crippen molar-refractivity contribution in [1.82, 2.24) is 10.2 Å². The van der Waals surface area contributed by atoms with Gasteiger partial charge in [-0.05, 0) is 44.3 Å². The first-order valence-electron chi connectivity index (χ1n) is 7.06. The lowest BCUT2D eigenvalue weighted by molar-refractivity contribution is -0.137. The van der Waals surface area contributed by atoms with Gasteiger partial charge < -0.3 is 10.2 Å². The Morgan fingerprint density at radius 2 is 1.81 bits per heavy atom. The van der Waals surface area contributed by atoms with E-state index in [9.17, 15) is 13.2 Å². The summed E-state index contributed by atoms with van der Waals surface area (Å²) in [5.41, 5.74) is 1.10. The van der Waals surface area contributed by atoms with Gasteiger partial charge in [0.05, 0.1) is 6.42 Å². The fourth-order valence-electron chi connectivity index (χ4n) is 2.11. The van der Waals surface area contributed by atoms with Crippen LogP contribution in [0.25, 0.3) is 0 Å². The van der Waals surface area contributed by atoms with E-state index in [0.717, 1.165) is 18.5 Å². The maximum absolute atomic E-state index is 12.2. The fourth-order valence-corrected chi connectivity index (χ4v) is 2.23. The van der Waals surface area contributed by atoms with Crippen molar-refractivity contribution in [2.45, 2.75) is 32.0 Å². The molecular weight excluding hydrogens is 301 g/mol. The highest BCUT2D eigenvalue weighted by molar-refractivity contribution is 6.30. The maximum Gasteiger partial charge on any atom is 0.390 e. The zero-order valence-electron chi connectivity index (χ0n) is 12.4. The third-order valence-electron chi connectivity index (χ3n) is 3.30. The van der Waals surface area contributed by atoms with Crippen molar-refractivity contribution in [3.8, 4) is 0 Å². The van der Waals surface area contributed by atoms with E-state index in [1.807, 2.05) is 31.2 Å². The minimum absolute atomic E-state index is 0.0307. The first-order chi connectivity index (χ1) is 9.81. The van der Waals surface area contributed by atoms with Gasteiger partial charge in [0, 0.05) is 17.6 Å². The standard InChI is InChI=1S/C15H22ClF3N2/c1-3-20-14(12-4-6-13(16)7-5-12)8-10-21(2)11-9-15(17,18)19/h4-7,14,20H,3,8-11H2,1-2H3. The van der Waals surface area contributed by atoms with Crippen molar-refractivity contribution in [3.05, 3.63) is 34.9 Å². The summed E-state index contributed by atoms with van der Waals surface area (Å²) in [7, 11) is 1.72. The predicted octanol–water partition coefficient (Wildman–Crippen LogP) is 4.26. The van der Waals surface area contributed by atoms with Crippen molar-refractivity contribution in [3.63, 3.8) is 0 Å². The number of alkyl halides is 3. The molecule has 0 aliphatic carbocycles. The average molecular weight is 323 g/mol. The van der Waals surface area contributed by atoms with Crippen LogP contribution in [-0.4, -0.2) is 37.8 Å². The minimum atomic E-state index is -4.09. The van der Waals surface area contributed by atoms with Crippen molar-refractivity contribution in [2.24, 2.45) is 0 Å². The maximum atomic E-state index is 12.2. The van der Waals surface area contributed by atoms with Gasteiger partial charge in [0.1, 0.15) is 0 Å². The summed E-state index contributed by atoms with van der Waals surface area (Å²) in [5.74, 6) is 0. The van der Waals surface area contributed by atoms with Gasteiger partial charge in [0.2, 0.25) is 0 Å². The van der Waals surface area contributed by atoms with Crippen LogP contribution in [0.2, 0.25) is 5.02 Å². The highest BCUT2D eigenvalue weighted by atomic mass is 35.5. The summed E-state index contributed by atoms with van der Waals surface area (Å²) in [5, 5.41) is 4.03. The molecule has 0 saturated carbocycles. The Bertz CT molecular complexity index is 406. The second-order valence-corrected chi connectivity index (χ2v) is 5.56. The van der Waals surface area contributed by atoms with Gasteiger partial charge in [0.25, 0.3) is 0 Å². The molecule has 1 aromatic rings. The Labute approximate surface area is 129 Å². The zero-order valence-corrected chi connectivity index (χ0v) is 13.1. The molecule has 0 fully saturated rings. The quantitative estimate of drug-likeness (QED) is 0.769. The Balaban J connectivity index is 2.49. The van der Waals surface area contributed by atoms with Gasteiger partial charge in [-0.15, -0.1) is 0 Å². The lowest BCUT2D eigenvalue weighted by Gasteiger charge is -2.23. The number of rotatable bonds is 8. The van der Waals surface area contributed by atoms with Crippen LogP contribution in [0.3, 0.4) is 0 Å². The number of halogens is 4. The van der Waals surface area contributed by atoms with Crippen molar-refractivity contribution in [1.29, 1.82) is 0 Å². The molecule has 6 heteroatoms. The summed E-state index contributed by atoms with van der Waals surface area (Å²) in [6.45, 7) is 3.45. The number of benzene rings is 1. The SMILES string of the molecule is CCNC(CCN(C)CCC(F)(F)F)c1ccc(Cl)cc1. The van der Waals surface area contributed by atoms with E-state index in [-0.39, 0.29) is 12.6 Å². The number of nitrogens with one attached hydrogen (secondary N) is 1. The molecule has 1 rings (SSSR count). The van der Waals surface area contributed by atoms with Gasteiger partial charge >= 0.3 is 6.18 Å². The molecule has 120 valence electrons. The Morgan fingerprint density at radius 3 is 2.33 bits per heavy atom. The summed E-state index contributed by atoms with van der Waals surface area (Å²) < 4.78 is 36.6. The van der Waals surface area contributed by atoms with Gasteiger partial charge in [-0.2, -0.15) is 13.2 Å². The van der Waals surface area contributed by atoms with E-state index < -0.39 is 12.6 Å². The third-order valence-corrected chi connectivity index (χ3v) is 3.55. The Hall–Kier alpha value is -0.780. The molecular formula is C15H22ClF3N2. The van der Waals surface area contributed by atoms with Gasteiger partial charge in [0.15, 0.2) is 0 Å². The molecule has 0 aliphatic heterocycles. The van der Waals surface area contributed by atoms with E-state index in [0.29, 0.717) is 11.6 Å². The smallest absolute Gasteiger partial charge is 0.310 e. The van der Waals surface area contributed by atoms with E-state index in [1.54, 1.807) is 11.9 Å². The molecule has 1 unspecified atom stereocenters. The van der Waals surface area contributed by atoms with E-state index in [4.69, 9.17) is 11.6 Å². The minimum Gasteiger partial charge on any atom is -0.310 e. The summed E-state index contributed by atoms with van der Waals surface area (Å²) in [6, 6.07) is 7.68. The molecule has 0 saturated heterocycles. The lowest BCUT2D eigenvalue weighted by atomic mass is 10.0. The Morgan fingerprint density at radius 1 is 1.19 bits per heavy atom. The first kappa shape index (κ1) is 18.3. The highest BCUT2D eigenvalue weighted by Crippen LogP contribution is 2.21. The van der Waals surface area contributed by atoms with Crippen LogP contribution >= 0.6 is 11.6 Å². The topological polar surface area (TPSA) is 15.3 Å². The van der Waals surface area contributed by atoms with Gasteiger partial charge in [-0.3, -0.25) is 0 Å². The largest absolute Gasteiger partial charge is 0.390 e. The van der Waals surface area contributed by atoms with Crippen molar-refractivity contribution >= 4 is 11.6 Å². The molecule has 0 aromatic heterocycles. The van der Waals surface area contributed by atoms with Crippen LogP contribution in [0.1, 0.15) is 31.4 Å². The lowest BCUT2D eigenvalue weighted by Crippen LogP contribution is -2.29. The number of nitrogens with zero attached hydrogens (tertiary/aromatic N) is 1.